The molecule has 1 aliphatic rings. The zero-order valence-corrected chi connectivity index (χ0v) is 16.3. The lowest BCUT2D eigenvalue weighted by atomic mass is 10.1. The summed E-state index contributed by atoms with van der Waals surface area (Å²) in [6.07, 6.45) is 6.33. The number of nitrogens with one attached hydrogen (secondary N) is 2. The van der Waals surface area contributed by atoms with Crippen molar-refractivity contribution in [1.29, 1.82) is 0 Å². The molecule has 3 heterocycles. The number of anilines is 1. The molecule has 29 heavy (non-hydrogen) atoms. The van der Waals surface area contributed by atoms with Crippen LogP contribution in [0, 0.1) is 5.82 Å². The van der Waals surface area contributed by atoms with Gasteiger partial charge in [-0.3, -0.25) is 0 Å². The van der Waals surface area contributed by atoms with E-state index >= 15 is 0 Å². The van der Waals surface area contributed by atoms with Gasteiger partial charge in [0.1, 0.15) is 17.4 Å². The van der Waals surface area contributed by atoms with Gasteiger partial charge in [-0.15, -0.1) is 0 Å². The summed E-state index contributed by atoms with van der Waals surface area (Å²) in [5.41, 5.74) is 1.79. The fourth-order valence-electron chi connectivity index (χ4n) is 3.25. The normalized spacial score (nSPS) is 16.9. The van der Waals surface area contributed by atoms with E-state index in [0.29, 0.717) is 22.9 Å². The van der Waals surface area contributed by atoms with Gasteiger partial charge in [0.2, 0.25) is 0 Å². The van der Waals surface area contributed by atoms with Crippen molar-refractivity contribution in [2.45, 2.75) is 45.4 Å². The summed E-state index contributed by atoms with van der Waals surface area (Å²) in [5.74, 6) is 0.784. The highest BCUT2D eigenvalue weighted by molar-refractivity contribution is 6.04. The van der Waals surface area contributed by atoms with Gasteiger partial charge in [-0.05, 0) is 37.6 Å². The molecule has 0 fully saturated rings. The van der Waals surface area contributed by atoms with Crippen LogP contribution in [0.5, 0.6) is 5.75 Å². The molecule has 0 radical (unpaired) electrons. The third-order valence-electron chi connectivity index (χ3n) is 4.83. The van der Waals surface area contributed by atoms with E-state index in [1.165, 1.54) is 18.2 Å². The molecule has 3 N–H and O–H groups in total. The van der Waals surface area contributed by atoms with E-state index in [1.54, 1.807) is 23.0 Å². The molecule has 0 aliphatic carbocycles. The van der Waals surface area contributed by atoms with Gasteiger partial charge in [0.25, 0.3) is 0 Å². The lowest BCUT2D eigenvalue weighted by Gasteiger charge is -2.16. The second-order valence-electron chi connectivity index (χ2n) is 7.03. The Kier molecular flexibility index (Phi) is 5.20. The minimum absolute atomic E-state index is 0.0253. The lowest BCUT2D eigenvalue weighted by Crippen LogP contribution is -2.29. The number of hydrogen-bond donors (Lipinski definition) is 3. The number of oxime groups is 1. The first-order valence-corrected chi connectivity index (χ1v) is 9.65. The zero-order valence-electron chi connectivity index (χ0n) is 16.3. The van der Waals surface area contributed by atoms with Crippen LogP contribution in [0.3, 0.4) is 0 Å². The summed E-state index contributed by atoms with van der Waals surface area (Å²) in [6.45, 7) is 3.96. The fraction of sp³-hybridized carbons (Fsp3) is 0.350. The second-order valence-corrected chi connectivity index (χ2v) is 7.03. The van der Waals surface area contributed by atoms with Gasteiger partial charge in [0.15, 0.2) is 17.7 Å². The predicted molar refractivity (Wildman–Crippen MR) is 107 cm³/mol. The molecule has 1 aliphatic heterocycles. The van der Waals surface area contributed by atoms with Crippen LogP contribution in [-0.2, 0) is 4.84 Å². The number of phenols is 1. The van der Waals surface area contributed by atoms with Crippen molar-refractivity contribution in [1.82, 2.24) is 19.9 Å². The Morgan fingerprint density at radius 1 is 1.38 bits per heavy atom. The summed E-state index contributed by atoms with van der Waals surface area (Å²) in [7, 11) is 0. The highest BCUT2D eigenvalue weighted by atomic mass is 19.1. The van der Waals surface area contributed by atoms with Crippen molar-refractivity contribution in [2.75, 3.05) is 5.32 Å². The minimum atomic E-state index is -0.407. The number of unbranched alkanes of at least 4 members (excludes halogenated alkanes) is 1. The van der Waals surface area contributed by atoms with Crippen molar-refractivity contribution in [3.05, 3.63) is 53.6 Å². The van der Waals surface area contributed by atoms with Crippen LogP contribution < -0.4 is 10.6 Å². The number of aromatic nitrogens is 3. The third-order valence-corrected chi connectivity index (χ3v) is 4.83. The first kappa shape index (κ1) is 19.0. The Hall–Kier alpha value is -3.36. The van der Waals surface area contributed by atoms with E-state index in [-0.39, 0.29) is 18.0 Å². The summed E-state index contributed by atoms with van der Waals surface area (Å²) in [5, 5.41) is 24.9. The zero-order chi connectivity index (χ0) is 20.4. The summed E-state index contributed by atoms with van der Waals surface area (Å²) < 4.78 is 15.2. The van der Waals surface area contributed by atoms with Gasteiger partial charge in [-0.1, -0.05) is 18.5 Å². The lowest BCUT2D eigenvalue weighted by molar-refractivity contribution is 0.0650. The topological polar surface area (TPSA) is 96.1 Å². The third kappa shape index (κ3) is 3.94. The number of rotatable bonds is 7. The van der Waals surface area contributed by atoms with Crippen LogP contribution in [0.1, 0.15) is 50.3 Å². The first-order valence-electron chi connectivity index (χ1n) is 9.65. The fourth-order valence-corrected chi connectivity index (χ4v) is 3.25. The second kappa shape index (κ2) is 7.94. The summed E-state index contributed by atoms with van der Waals surface area (Å²) in [4.78, 5) is 10.1. The predicted octanol–water partition coefficient (Wildman–Crippen LogP) is 3.54. The molecular formula is C20H23FN6O2. The van der Waals surface area contributed by atoms with Crippen LogP contribution in [0.25, 0.3) is 5.65 Å². The molecule has 1 unspecified atom stereocenters. The number of halogens is 1. The van der Waals surface area contributed by atoms with E-state index in [9.17, 15) is 9.50 Å². The van der Waals surface area contributed by atoms with Crippen LogP contribution in [-0.4, -0.2) is 31.8 Å². The molecule has 9 heteroatoms. The number of fused-ring (bicyclic) bond motifs is 1. The smallest absolute Gasteiger partial charge is 0.198 e. The molecule has 0 saturated carbocycles. The molecule has 0 spiro atoms. The Labute approximate surface area is 167 Å². The van der Waals surface area contributed by atoms with Gasteiger partial charge in [-0.2, -0.15) is 5.10 Å². The summed E-state index contributed by atoms with van der Waals surface area (Å²) in [6, 6.07) is 5.28. The Morgan fingerprint density at radius 3 is 3.07 bits per heavy atom. The monoisotopic (exact) mass is 398 g/mol. The largest absolute Gasteiger partial charge is 0.508 e. The molecule has 0 bridgehead atoms. The van der Waals surface area contributed by atoms with Crippen molar-refractivity contribution >= 4 is 17.3 Å². The molecule has 1 aromatic carbocycles. The van der Waals surface area contributed by atoms with Gasteiger partial charge in [-0.25, -0.2) is 13.9 Å². The van der Waals surface area contributed by atoms with Gasteiger partial charge in [0, 0.05) is 18.2 Å². The van der Waals surface area contributed by atoms with E-state index in [0.717, 1.165) is 24.8 Å². The van der Waals surface area contributed by atoms with Gasteiger partial charge >= 0.3 is 0 Å². The number of hydrogen-bond acceptors (Lipinski definition) is 7. The highest BCUT2D eigenvalue weighted by Crippen LogP contribution is 2.27. The van der Waals surface area contributed by atoms with Crippen LogP contribution in [0.4, 0.5) is 10.2 Å². The number of nitrogens with zero attached hydrogens (tertiary/aromatic N) is 4. The van der Waals surface area contributed by atoms with Gasteiger partial charge in [0.05, 0.1) is 17.8 Å². The molecular weight excluding hydrogens is 375 g/mol. The maximum atomic E-state index is 13.5. The molecule has 152 valence electrons. The highest BCUT2D eigenvalue weighted by Gasteiger charge is 2.23. The number of benzene rings is 1. The van der Waals surface area contributed by atoms with E-state index < -0.39 is 5.82 Å². The number of amidine groups is 1. The molecule has 4 rings (SSSR count). The number of phenolic OH excluding ortho intramolecular Hbond substituents is 1. The average Bonchev–Trinajstić information content (AvgIpc) is 3.34. The van der Waals surface area contributed by atoms with E-state index in [1.807, 2.05) is 6.92 Å². The van der Waals surface area contributed by atoms with Crippen molar-refractivity contribution in [2.24, 2.45) is 5.16 Å². The Balaban J connectivity index is 1.55. The number of aromatic hydroxyl groups is 1. The van der Waals surface area contributed by atoms with E-state index in [4.69, 9.17) is 4.84 Å². The SMILES string of the molecule is CCCCC1NC(c2cnn3ccc(N[C@H](C)c4cc(F)ccc4O)nc23)=NO1. The molecule has 0 amide bonds. The van der Waals surface area contributed by atoms with Gasteiger partial charge < -0.3 is 20.6 Å². The quantitative estimate of drug-likeness (QED) is 0.563. The first-order chi connectivity index (χ1) is 14.0. The molecule has 8 nitrogen and oxygen atoms in total. The standard InChI is InChI=1S/C20H23FN6O2/c1-3-4-5-18-25-19(26-29-18)15-11-22-27-9-8-17(24-20(15)27)23-12(2)14-10-13(21)6-7-16(14)28/h6-12,18,28H,3-5H2,1-2H3,(H,23,24)(H,25,26)/t12-,18?/m1/s1. The van der Waals surface area contributed by atoms with E-state index in [2.05, 4.69) is 32.8 Å². The van der Waals surface area contributed by atoms with Crippen LogP contribution >= 0.6 is 0 Å². The van der Waals surface area contributed by atoms with Crippen molar-refractivity contribution in [3.8, 4) is 5.75 Å². The molecule has 2 aromatic heterocycles. The van der Waals surface area contributed by atoms with Crippen molar-refractivity contribution in [3.63, 3.8) is 0 Å². The maximum absolute atomic E-state index is 13.5. The Bertz CT molecular complexity index is 1050. The minimum Gasteiger partial charge on any atom is -0.508 e. The van der Waals surface area contributed by atoms with Crippen molar-refractivity contribution < 1.29 is 14.3 Å². The molecule has 2 atom stereocenters. The van der Waals surface area contributed by atoms with Crippen LogP contribution in [0.2, 0.25) is 0 Å². The van der Waals surface area contributed by atoms with Crippen LogP contribution in [0.15, 0.2) is 41.8 Å². The Morgan fingerprint density at radius 2 is 2.24 bits per heavy atom. The average molecular weight is 398 g/mol. The molecule has 3 aromatic rings. The maximum Gasteiger partial charge on any atom is 0.198 e. The summed E-state index contributed by atoms with van der Waals surface area (Å²) >= 11 is 0. The molecule has 0 saturated heterocycles.